The first-order chi connectivity index (χ1) is 17.9. The number of hydrogen-bond donors (Lipinski definition) is 2. The minimum absolute atomic E-state index is 0.129. The number of thiophene rings is 1. The Morgan fingerprint density at radius 3 is 2.68 bits per heavy atom. The number of rotatable bonds is 5. The van der Waals surface area contributed by atoms with Crippen LogP contribution < -0.4 is 10.6 Å². The van der Waals surface area contributed by atoms with Gasteiger partial charge in [0.2, 0.25) is 0 Å². The summed E-state index contributed by atoms with van der Waals surface area (Å²) in [6, 6.07) is 19.1. The summed E-state index contributed by atoms with van der Waals surface area (Å²) >= 11 is 7.04. The third-order valence-corrected chi connectivity index (χ3v) is 7.85. The molecule has 5 rings (SSSR count). The molecule has 4 aromatic rings. The Bertz CT molecular complexity index is 1500. The van der Waals surface area contributed by atoms with Crippen molar-refractivity contribution in [1.29, 1.82) is 0 Å². The number of carbonyl (C=O) groups is 2. The van der Waals surface area contributed by atoms with E-state index in [9.17, 15) is 9.59 Å². The molecule has 37 heavy (non-hydrogen) atoms. The molecular weight excluding hydrogens is 502 g/mol. The first-order valence-electron chi connectivity index (χ1n) is 12.3. The van der Waals surface area contributed by atoms with Gasteiger partial charge in [-0.2, -0.15) is 0 Å². The fraction of sp³-hybridized carbons (Fsp3) is 0.241. The van der Waals surface area contributed by atoms with Crippen LogP contribution in [0.1, 0.15) is 51.4 Å². The van der Waals surface area contributed by atoms with Gasteiger partial charge in [0, 0.05) is 15.8 Å². The van der Waals surface area contributed by atoms with E-state index in [0.717, 1.165) is 41.3 Å². The highest BCUT2D eigenvalue weighted by molar-refractivity contribution is 7.80. The lowest BCUT2D eigenvalue weighted by atomic mass is 9.88. The fourth-order valence-corrected chi connectivity index (χ4v) is 6.35. The number of amides is 1. The Labute approximate surface area is 225 Å². The molecule has 1 aliphatic carbocycles. The molecule has 2 heterocycles. The quantitative estimate of drug-likeness (QED) is 0.230. The summed E-state index contributed by atoms with van der Waals surface area (Å²) in [5, 5.41) is 7.41. The van der Waals surface area contributed by atoms with E-state index in [1.54, 1.807) is 13.0 Å². The molecule has 8 heteroatoms. The third-order valence-electron chi connectivity index (χ3n) is 6.48. The van der Waals surface area contributed by atoms with Crippen LogP contribution in [0.4, 0.5) is 5.00 Å². The Kier molecular flexibility index (Phi) is 7.30. The first-order valence-corrected chi connectivity index (χ1v) is 13.6. The van der Waals surface area contributed by atoms with Crippen molar-refractivity contribution >= 4 is 56.4 Å². The zero-order chi connectivity index (χ0) is 25.9. The number of hydrogen-bond acceptors (Lipinski definition) is 6. The van der Waals surface area contributed by atoms with Crippen molar-refractivity contribution in [2.45, 2.75) is 33.1 Å². The largest absolute Gasteiger partial charge is 0.462 e. The minimum Gasteiger partial charge on any atom is -0.462 e. The van der Waals surface area contributed by atoms with Crippen LogP contribution in [-0.2, 0) is 17.6 Å². The molecule has 2 N–H and O–H groups in total. The van der Waals surface area contributed by atoms with E-state index in [0.29, 0.717) is 34.3 Å². The minimum atomic E-state index is -0.362. The second kappa shape index (κ2) is 10.8. The summed E-state index contributed by atoms with van der Waals surface area (Å²) in [6.45, 7) is 4.30. The van der Waals surface area contributed by atoms with E-state index in [2.05, 4.69) is 17.6 Å². The van der Waals surface area contributed by atoms with Crippen molar-refractivity contribution in [2.75, 3.05) is 11.9 Å². The van der Waals surface area contributed by atoms with Gasteiger partial charge in [-0.3, -0.25) is 10.1 Å². The number of ether oxygens (including phenoxy) is 1. The normalized spacial score (nSPS) is 14.6. The average Bonchev–Trinajstić information content (AvgIpc) is 3.25. The predicted octanol–water partition coefficient (Wildman–Crippen LogP) is 6.39. The van der Waals surface area contributed by atoms with Crippen molar-refractivity contribution in [3.8, 4) is 11.3 Å². The number of esters is 1. The summed E-state index contributed by atoms with van der Waals surface area (Å²) < 4.78 is 5.35. The Balaban J connectivity index is 1.43. The number of anilines is 1. The zero-order valence-corrected chi connectivity index (χ0v) is 22.3. The van der Waals surface area contributed by atoms with Gasteiger partial charge in [0.25, 0.3) is 5.91 Å². The number of benzene rings is 2. The predicted molar refractivity (Wildman–Crippen MR) is 152 cm³/mol. The lowest BCUT2D eigenvalue weighted by molar-refractivity contribution is 0.0526. The van der Waals surface area contributed by atoms with Gasteiger partial charge < -0.3 is 10.1 Å². The van der Waals surface area contributed by atoms with E-state index in [1.807, 2.05) is 54.6 Å². The van der Waals surface area contributed by atoms with Crippen LogP contribution in [0, 0.1) is 5.92 Å². The standard InChI is InChI=1S/C29H27N3O3S2/c1-3-35-28(34)25-20-14-13-17(2)15-24(20)37-27(25)32-29(36)31-26(33)21-16-23(18-9-5-4-6-10-18)30-22-12-8-7-11-19(21)22/h4-12,16-17H,3,13-15H2,1-2H3,(H2,31,32,33,36)/t17-/m1/s1. The average molecular weight is 530 g/mol. The van der Waals surface area contributed by atoms with Gasteiger partial charge in [-0.1, -0.05) is 55.5 Å². The number of carbonyl (C=O) groups excluding carboxylic acids is 2. The van der Waals surface area contributed by atoms with Crippen LogP contribution in [0.3, 0.4) is 0 Å². The summed E-state index contributed by atoms with van der Waals surface area (Å²) in [6.07, 6.45) is 2.77. The zero-order valence-electron chi connectivity index (χ0n) is 20.7. The number of para-hydroxylation sites is 1. The van der Waals surface area contributed by atoms with Crippen LogP contribution in [0.15, 0.2) is 60.7 Å². The lowest BCUT2D eigenvalue weighted by Gasteiger charge is -2.18. The molecule has 0 aliphatic heterocycles. The topological polar surface area (TPSA) is 80.3 Å². The van der Waals surface area contributed by atoms with Crippen molar-refractivity contribution in [3.63, 3.8) is 0 Å². The van der Waals surface area contributed by atoms with Gasteiger partial charge >= 0.3 is 5.97 Å². The van der Waals surface area contributed by atoms with Gasteiger partial charge in [0.15, 0.2) is 5.11 Å². The summed E-state index contributed by atoms with van der Waals surface area (Å²) in [5.41, 5.74) is 4.38. The monoisotopic (exact) mass is 529 g/mol. The van der Waals surface area contributed by atoms with Crippen molar-refractivity contribution < 1.29 is 14.3 Å². The van der Waals surface area contributed by atoms with E-state index < -0.39 is 0 Å². The molecule has 0 unspecified atom stereocenters. The van der Waals surface area contributed by atoms with E-state index in [-0.39, 0.29) is 17.0 Å². The molecule has 6 nitrogen and oxygen atoms in total. The molecule has 0 fully saturated rings. The molecule has 0 spiro atoms. The van der Waals surface area contributed by atoms with Crippen LogP contribution in [-0.4, -0.2) is 28.6 Å². The molecule has 2 aromatic heterocycles. The second-order valence-electron chi connectivity index (χ2n) is 9.12. The van der Waals surface area contributed by atoms with Crippen LogP contribution in [0.5, 0.6) is 0 Å². The molecule has 0 bridgehead atoms. The molecular formula is C29H27N3O3S2. The molecule has 1 amide bonds. The lowest BCUT2D eigenvalue weighted by Crippen LogP contribution is -2.34. The molecule has 1 aliphatic rings. The van der Waals surface area contributed by atoms with Gasteiger partial charge in [0.05, 0.1) is 28.9 Å². The van der Waals surface area contributed by atoms with Crippen molar-refractivity contribution in [1.82, 2.24) is 10.3 Å². The van der Waals surface area contributed by atoms with E-state index in [4.69, 9.17) is 21.9 Å². The van der Waals surface area contributed by atoms with Crippen LogP contribution >= 0.6 is 23.6 Å². The Morgan fingerprint density at radius 1 is 1.14 bits per heavy atom. The highest BCUT2D eigenvalue weighted by Gasteiger charge is 2.29. The van der Waals surface area contributed by atoms with Crippen LogP contribution in [0.25, 0.3) is 22.2 Å². The maximum Gasteiger partial charge on any atom is 0.341 e. The summed E-state index contributed by atoms with van der Waals surface area (Å²) in [7, 11) is 0. The summed E-state index contributed by atoms with van der Waals surface area (Å²) in [4.78, 5) is 32.2. The number of aromatic nitrogens is 1. The Morgan fingerprint density at radius 2 is 1.89 bits per heavy atom. The molecule has 2 aromatic carbocycles. The number of nitrogens with zero attached hydrogens (tertiary/aromatic N) is 1. The first kappa shape index (κ1) is 25.0. The maximum atomic E-state index is 13.4. The smallest absolute Gasteiger partial charge is 0.341 e. The summed E-state index contributed by atoms with van der Waals surface area (Å²) in [5.74, 6) is -0.154. The molecule has 188 valence electrons. The second-order valence-corrected chi connectivity index (χ2v) is 10.6. The third kappa shape index (κ3) is 5.26. The Hall–Kier alpha value is -3.62. The van der Waals surface area contributed by atoms with Crippen molar-refractivity contribution in [3.05, 3.63) is 82.2 Å². The molecule has 0 radical (unpaired) electrons. The maximum absolute atomic E-state index is 13.4. The van der Waals surface area contributed by atoms with Gasteiger partial charge in [-0.15, -0.1) is 11.3 Å². The molecule has 1 atom stereocenters. The number of nitrogens with one attached hydrogen (secondary N) is 2. The highest BCUT2D eigenvalue weighted by Crippen LogP contribution is 2.40. The van der Waals surface area contributed by atoms with Gasteiger partial charge in [-0.25, -0.2) is 9.78 Å². The number of thiocarbonyl (C=S) groups is 1. The van der Waals surface area contributed by atoms with Gasteiger partial charge in [-0.05, 0) is 62.0 Å². The fourth-order valence-electron chi connectivity index (χ4n) is 4.68. The number of pyridine rings is 1. The van der Waals surface area contributed by atoms with E-state index >= 15 is 0 Å². The SMILES string of the molecule is CCOC(=O)c1c(NC(=S)NC(=O)c2cc(-c3ccccc3)nc3ccccc23)sc2c1CC[C@@H](C)C2. The number of fused-ring (bicyclic) bond motifs is 2. The highest BCUT2D eigenvalue weighted by atomic mass is 32.1. The molecule has 0 saturated carbocycles. The van der Waals surface area contributed by atoms with Crippen molar-refractivity contribution in [2.24, 2.45) is 5.92 Å². The van der Waals surface area contributed by atoms with E-state index in [1.165, 1.54) is 16.2 Å². The van der Waals surface area contributed by atoms with Gasteiger partial charge in [0.1, 0.15) is 5.00 Å². The van der Waals surface area contributed by atoms with Crippen LogP contribution in [0.2, 0.25) is 0 Å². The molecule has 0 saturated heterocycles.